The molecule has 1 N–H and O–H groups in total. The SMILES string of the molecule is COC(=O)C1=C(O)C(=Cc2ccc(N(C)C)cc2)SC1=Nc1ccc(C(F)(F)F)cc1. The van der Waals surface area contributed by atoms with Gasteiger partial charge in [0.2, 0.25) is 0 Å². The molecule has 0 spiro atoms. The molecular weight excluding hydrogens is 429 g/mol. The van der Waals surface area contributed by atoms with Crippen LogP contribution in [0.25, 0.3) is 6.08 Å². The van der Waals surface area contributed by atoms with Gasteiger partial charge in [-0.25, -0.2) is 9.79 Å². The summed E-state index contributed by atoms with van der Waals surface area (Å²) < 4.78 is 43.0. The van der Waals surface area contributed by atoms with Crippen molar-refractivity contribution in [1.29, 1.82) is 0 Å². The number of aliphatic hydroxyl groups excluding tert-OH is 1. The molecule has 1 aliphatic rings. The van der Waals surface area contributed by atoms with E-state index in [0.29, 0.717) is 4.91 Å². The van der Waals surface area contributed by atoms with E-state index >= 15 is 0 Å². The summed E-state index contributed by atoms with van der Waals surface area (Å²) in [6.07, 6.45) is -2.77. The van der Waals surface area contributed by atoms with Crippen molar-refractivity contribution in [3.05, 3.63) is 75.9 Å². The molecule has 31 heavy (non-hydrogen) atoms. The zero-order chi connectivity index (χ0) is 22.8. The summed E-state index contributed by atoms with van der Waals surface area (Å²) in [5.41, 5.74) is 1.06. The predicted octanol–water partition coefficient (Wildman–Crippen LogP) is 5.57. The Kier molecular flexibility index (Phi) is 6.45. The zero-order valence-electron chi connectivity index (χ0n) is 16.9. The number of esters is 1. The van der Waals surface area contributed by atoms with Crippen LogP contribution in [0.1, 0.15) is 11.1 Å². The van der Waals surface area contributed by atoms with Crippen LogP contribution >= 0.6 is 11.8 Å². The Hall–Kier alpha value is -3.20. The second kappa shape index (κ2) is 8.89. The number of ether oxygens (including phenoxy) is 1. The molecule has 0 unspecified atom stereocenters. The van der Waals surface area contributed by atoms with Crippen molar-refractivity contribution >= 4 is 40.2 Å². The molecule has 3 rings (SSSR count). The topological polar surface area (TPSA) is 62.1 Å². The summed E-state index contributed by atoms with van der Waals surface area (Å²) in [5.74, 6) is -1.08. The summed E-state index contributed by atoms with van der Waals surface area (Å²) >= 11 is 1.03. The third kappa shape index (κ3) is 5.11. The van der Waals surface area contributed by atoms with Crippen molar-refractivity contribution in [1.82, 2.24) is 0 Å². The molecular formula is C22H19F3N2O3S. The first kappa shape index (κ1) is 22.5. The molecule has 0 radical (unpaired) electrons. The molecule has 2 aromatic carbocycles. The van der Waals surface area contributed by atoms with Gasteiger partial charge in [0.1, 0.15) is 16.4 Å². The molecule has 0 amide bonds. The predicted molar refractivity (Wildman–Crippen MR) is 117 cm³/mol. The van der Waals surface area contributed by atoms with Gasteiger partial charge in [0.05, 0.1) is 23.3 Å². The molecule has 5 nitrogen and oxygen atoms in total. The Morgan fingerprint density at radius 3 is 2.23 bits per heavy atom. The van der Waals surface area contributed by atoms with E-state index in [1.54, 1.807) is 6.08 Å². The van der Waals surface area contributed by atoms with Crippen molar-refractivity contribution in [3.8, 4) is 0 Å². The van der Waals surface area contributed by atoms with Gasteiger partial charge in [-0.15, -0.1) is 0 Å². The lowest BCUT2D eigenvalue weighted by Gasteiger charge is -2.11. The molecule has 1 aliphatic heterocycles. The lowest BCUT2D eigenvalue weighted by molar-refractivity contribution is -0.137. The second-order valence-corrected chi connectivity index (χ2v) is 7.80. The second-order valence-electron chi connectivity index (χ2n) is 6.77. The minimum Gasteiger partial charge on any atom is -0.506 e. The van der Waals surface area contributed by atoms with Gasteiger partial charge in [-0.3, -0.25) is 0 Å². The van der Waals surface area contributed by atoms with E-state index in [1.807, 2.05) is 43.3 Å². The third-order valence-electron chi connectivity index (χ3n) is 4.41. The average molecular weight is 448 g/mol. The molecule has 1 heterocycles. The van der Waals surface area contributed by atoms with E-state index in [1.165, 1.54) is 19.2 Å². The van der Waals surface area contributed by atoms with Gasteiger partial charge < -0.3 is 14.7 Å². The highest BCUT2D eigenvalue weighted by Gasteiger charge is 2.33. The molecule has 2 aromatic rings. The molecule has 9 heteroatoms. The number of aliphatic hydroxyl groups is 1. The number of carbonyl (C=O) groups excluding carboxylic acids is 1. The zero-order valence-corrected chi connectivity index (χ0v) is 17.7. The number of aliphatic imine (C=N–C) groups is 1. The largest absolute Gasteiger partial charge is 0.506 e. The summed E-state index contributed by atoms with van der Waals surface area (Å²) in [6.45, 7) is 0. The summed E-state index contributed by atoms with van der Waals surface area (Å²) in [7, 11) is 5.01. The van der Waals surface area contributed by atoms with Crippen molar-refractivity contribution in [2.75, 3.05) is 26.1 Å². The average Bonchev–Trinajstić information content (AvgIpc) is 3.02. The van der Waals surface area contributed by atoms with Crippen molar-refractivity contribution in [2.45, 2.75) is 6.18 Å². The first-order chi connectivity index (χ1) is 14.6. The minimum atomic E-state index is -4.46. The lowest BCUT2D eigenvalue weighted by Crippen LogP contribution is -2.10. The Morgan fingerprint density at radius 2 is 1.71 bits per heavy atom. The fraction of sp³-hybridized carbons (Fsp3) is 0.182. The fourth-order valence-corrected chi connectivity index (χ4v) is 3.79. The first-order valence-electron chi connectivity index (χ1n) is 9.05. The number of hydrogen-bond donors (Lipinski definition) is 1. The van der Waals surface area contributed by atoms with Crippen molar-refractivity contribution in [2.24, 2.45) is 4.99 Å². The third-order valence-corrected chi connectivity index (χ3v) is 5.43. The van der Waals surface area contributed by atoms with Crippen LogP contribution in [0.15, 0.2) is 69.8 Å². The van der Waals surface area contributed by atoms with Crippen LogP contribution in [0.5, 0.6) is 0 Å². The maximum atomic E-state index is 12.8. The van der Waals surface area contributed by atoms with Crippen LogP contribution < -0.4 is 4.90 Å². The van der Waals surface area contributed by atoms with Gasteiger partial charge in [0, 0.05) is 19.8 Å². The highest BCUT2D eigenvalue weighted by molar-refractivity contribution is 8.18. The first-order valence-corrected chi connectivity index (χ1v) is 9.87. The highest BCUT2D eigenvalue weighted by Crippen LogP contribution is 2.40. The lowest BCUT2D eigenvalue weighted by atomic mass is 10.1. The monoisotopic (exact) mass is 448 g/mol. The molecule has 162 valence electrons. The van der Waals surface area contributed by atoms with Crippen LogP contribution in [0.3, 0.4) is 0 Å². The van der Waals surface area contributed by atoms with E-state index in [-0.39, 0.29) is 22.1 Å². The van der Waals surface area contributed by atoms with Gasteiger partial charge in [0.25, 0.3) is 0 Å². The van der Waals surface area contributed by atoms with Gasteiger partial charge in [-0.1, -0.05) is 23.9 Å². The quantitative estimate of drug-likeness (QED) is 0.620. The molecule has 0 bridgehead atoms. The van der Waals surface area contributed by atoms with E-state index in [9.17, 15) is 23.1 Å². The standard InChI is InChI=1S/C22H19F3N2O3S/c1-27(2)16-10-4-13(5-11-16)12-17-19(28)18(21(29)30-3)20(31-17)26-15-8-6-14(7-9-15)22(23,24)25/h4-12,28H,1-3H3. The van der Waals surface area contributed by atoms with Crippen LogP contribution in [-0.2, 0) is 15.7 Å². The van der Waals surface area contributed by atoms with Gasteiger partial charge in [-0.05, 0) is 48.0 Å². The van der Waals surface area contributed by atoms with Gasteiger partial charge >= 0.3 is 12.1 Å². The van der Waals surface area contributed by atoms with Crippen LogP contribution in [-0.4, -0.2) is 37.3 Å². The highest BCUT2D eigenvalue weighted by atomic mass is 32.2. The maximum Gasteiger partial charge on any atom is 0.416 e. The number of hydrogen-bond acceptors (Lipinski definition) is 6. The summed E-state index contributed by atoms with van der Waals surface area (Å²) in [6, 6.07) is 11.7. The summed E-state index contributed by atoms with van der Waals surface area (Å²) in [5, 5.41) is 10.7. The Morgan fingerprint density at radius 1 is 1.10 bits per heavy atom. The molecule has 0 fully saturated rings. The van der Waals surface area contributed by atoms with Gasteiger partial charge in [-0.2, -0.15) is 13.2 Å². The van der Waals surface area contributed by atoms with E-state index in [0.717, 1.165) is 35.1 Å². The number of thioether (sulfide) groups is 1. The maximum absolute atomic E-state index is 12.8. The van der Waals surface area contributed by atoms with Crippen LogP contribution in [0.4, 0.5) is 24.5 Å². The Bertz CT molecular complexity index is 1070. The van der Waals surface area contributed by atoms with Crippen LogP contribution in [0, 0.1) is 0 Å². The molecule has 0 aliphatic carbocycles. The number of nitrogens with zero attached hydrogens (tertiary/aromatic N) is 2. The number of anilines is 1. The van der Waals surface area contributed by atoms with Crippen molar-refractivity contribution in [3.63, 3.8) is 0 Å². The number of carbonyl (C=O) groups is 1. The normalized spacial score (nSPS) is 16.8. The summed E-state index contributed by atoms with van der Waals surface area (Å²) in [4.78, 5) is 18.8. The molecule has 0 atom stereocenters. The molecule has 0 aromatic heterocycles. The van der Waals surface area contributed by atoms with Crippen LogP contribution in [0.2, 0.25) is 0 Å². The Balaban J connectivity index is 1.96. The number of methoxy groups -OCH3 is 1. The molecule has 0 saturated carbocycles. The smallest absolute Gasteiger partial charge is 0.416 e. The number of benzene rings is 2. The number of rotatable bonds is 4. The molecule has 0 saturated heterocycles. The van der Waals surface area contributed by atoms with Crippen molar-refractivity contribution < 1.29 is 27.8 Å². The minimum absolute atomic E-state index is 0.136. The van der Waals surface area contributed by atoms with E-state index < -0.39 is 17.7 Å². The Labute approximate surface area is 181 Å². The number of alkyl halides is 3. The van der Waals surface area contributed by atoms with E-state index in [4.69, 9.17) is 4.74 Å². The van der Waals surface area contributed by atoms with E-state index in [2.05, 4.69) is 4.99 Å². The van der Waals surface area contributed by atoms with Gasteiger partial charge in [0.15, 0.2) is 0 Å². The fourth-order valence-electron chi connectivity index (χ4n) is 2.75. The number of halogens is 3.